The summed E-state index contributed by atoms with van der Waals surface area (Å²) in [5.41, 5.74) is 2.91. The van der Waals surface area contributed by atoms with Gasteiger partial charge in [-0.2, -0.15) is 0 Å². The fourth-order valence-corrected chi connectivity index (χ4v) is 5.76. The summed E-state index contributed by atoms with van der Waals surface area (Å²) in [7, 11) is 1.72. The van der Waals surface area contributed by atoms with Gasteiger partial charge in [-0.1, -0.05) is 6.07 Å². The van der Waals surface area contributed by atoms with Crippen LogP contribution in [0.5, 0.6) is 5.75 Å². The number of nitrogens with one attached hydrogen (secondary N) is 2. The fourth-order valence-electron chi connectivity index (χ4n) is 4.95. The van der Waals surface area contributed by atoms with Gasteiger partial charge in [0, 0.05) is 57.6 Å². The number of aryl methyl sites for hydroxylation is 1. The first-order chi connectivity index (χ1) is 18.6. The van der Waals surface area contributed by atoms with Gasteiger partial charge in [0.2, 0.25) is 0 Å². The van der Waals surface area contributed by atoms with Crippen molar-refractivity contribution in [1.29, 1.82) is 0 Å². The number of amides is 1. The molecule has 1 aromatic carbocycles. The third-order valence-electron chi connectivity index (χ3n) is 6.91. The molecule has 0 unspecified atom stereocenters. The Morgan fingerprint density at radius 3 is 2.84 bits per heavy atom. The van der Waals surface area contributed by atoms with Gasteiger partial charge in [0.1, 0.15) is 23.1 Å². The van der Waals surface area contributed by atoms with Gasteiger partial charge in [-0.3, -0.25) is 14.3 Å². The van der Waals surface area contributed by atoms with Crippen LogP contribution in [-0.4, -0.2) is 70.5 Å². The minimum Gasteiger partial charge on any atom is -0.488 e. The second kappa shape index (κ2) is 10.6. The van der Waals surface area contributed by atoms with Crippen LogP contribution in [-0.2, 0) is 11.8 Å². The Morgan fingerprint density at radius 1 is 1.21 bits per heavy atom. The molecular formula is C26H29N7O4S. The fraction of sp³-hybridized carbons (Fsp3) is 0.385. The van der Waals surface area contributed by atoms with E-state index >= 15 is 0 Å². The summed E-state index contributed by atoms with van der Waals surface area (Å²) in [6, 6.07) is 7.52. The number of ether oxygens (including phenoxy) is 2. The summed E-state index contributed by atoms with van der Waals surface area (Å²) in [6.07, 6.45) is 5.03. The third kappa shape index (κ3) is 4.66. The topological polar surface area (TPSA) is 116 Å². The average molecular weight is 536 g/mol. The number of benzene rings is 1. The molecule has 3 aromatic heterocycles. The largest absolute Gasteiger partial charge is 0.488 e. The van der Waals surface area contributed by atoms with Crippen molar-refractivity contribution in [3.05, 3.63) is 58.2 Å². The van der Waals surface area contributed by atoms with E-state index in [1.807, 2.05) is 24.3 Å². The average Bonchev–Trinajstić information content (AvgIpc) is 3.53. The predicted octanol–water partition coefficient (Wildman–Crippen LogP) is 2.40. The van der Waals surface area contributed by atoms with E-state index in [0.717, 1.165) is 44.7 Å². The van der Waals surface area contributed by atoms with Crippen molar-refractivity contribution in [2.24, 2.45) is 7.05 Å². The summed E-state index contributed by atoms with van der Waals surface area (Å²) in [5, 5.41) is 8.38. The van der Waals surface area contributed by atoms with Crippen LogP contribution in [0.1, 0.15) is 23.3 Å². The number of thiazole rings is 1. The number of para-hydroxylation sites is 1. The number of piperazine rings is 1. The zero-order valence-corrected chi connectivity index (χ0v) is 21.9. The highest BCUT2D eigenvalue weighted by Crippen LogP contribution is 2.30. The highest BCUT2D eigenvalue weighted by atomic mass is 32.1. The van der Waals surface area contributed by atoms with Gasteiger partial charge in [0.25, 0.3) is 5.91 Å². The van der Waals surface area contributed by atoms with Crippen molar-refractivity contribution in [1.82, 2.24) is 24.4 Å². The number of hydrogen-bond donors (Lipinski definition) is 2. The Balaban J connectivity index is 1.28. The second-order valence-corrected chi connectivity index (χ2v) is 10.2. The van der Waals surface area contributed by atoms with Crippen molar-refractivity contribution < 1.29 is 14.3 Å². The number of aromatic nitrogens is 4. The van der Waals surface area contributed by atoms with Crippen LogP contribution in [0, 0.1) is 0 Å². The number of fused-ring (bicyclic) bond motifs is 1. The number of carbonyl (C=O) groups excluding carboxylic acids is 1. The van der Waals surface area contributed by atoms with Gasteiger partial charge >= 0.3 is 5.69 Å². The molecule has 0 radical (unpaired) electrons. The molecule has 0 aliphatic carbocycles. The van der Waals surface area contributed by atoms with Crippen molar-refractivity contribution in [3.8, 4) is 10.9 Å². The van der Waals surface area contributed by atoms with E-state index in [9.17, 15) is 9.59 Å². The first kappa shape index (κ1) is 24.6. The molecule has 12 heteroatoms. The van der Waals surface area contributed by atoms with E-state index in [-0.39, 0.29) is 23.4 Å². The Hall–Kier alpha value is -3.74. The summed E-state index contributed by atoms with van der Waals surface area (Å²) < 4.78 is 14.8. The Labute approximate surface area is 223 Å². The number of rotatable bonds is 6. The molecule has 6 rings (SSSR count). The zero-order valence-electron chi connectivity index (χ0n) is 21.1. The highest BCUT2D eigenvalue weighted by Gasteiger charge is 2.23. The van der Waals surface area contributed by atoms with E-state index in [2.05, 4.69) is 25.5 Å². The molecule has 0 atom stereocenters. The molecule has 2 fully saturated rings. The van der Waals surface area contributed by atoms with Crippen LogP contribution in [0.2, 0.25) is 0 Å². The lowest BCUT2D eigenvalue weighted by atomic mass is 10.1. The number of nitrogens with zero attached hydrogens (tertiary/aromatic N) is 5. The third-order valence-corrected chi connectivity index (χ3v) is 7.74. The quantitative estimate of drug-likeness (QED) is 0.387. The lowest BCUT2D eigenvalue weighted by Gasteiger charge is -2.30. The summed E-state index contributed by atoms with van der Waals surface area (Å²) in [5.74, 6) is 0.299. The van der Waals surface area contributed by atoms with Crippen LogP contribution >= 0.6 is 11.3 Å². The van der Waals surface area contributed by atoms with E-state index in [1.165, 1.54) is 15.9 Å². The standard InChI is InChI=1S/C26H29N7O4S/c1-31-23-21(3-2-4-22(23)37-17-6-13-36-14-7-17)33(26(31)35)25-30-19(16-38-25)24(34)29-18-15-28-8-5-20(18)32-11-9-27-10-12-32/h2-5,8,15-17,27H,6-7,9-14H2,1H3,(H,29,34). The zero-order chi connectivity index (χ0) is 26.1. The first-order valence-electron chi connectivity index (χ1n) is 12.7. The molecule has 4 aromatic rings. The molecule has 11 nitrogen and oxygen atoms in total. The van der Waals surface area contributed by atoms with Crippen LogP contribution in [0.3, 0.4) is 0 Å². The maximum absolute atomic E-state index is 13.3. The molecule has 2 saturated heterocycles. The van der Waals surface area contributed by atoms with E-state index in [1.54, 1.807) is 29.4 Å². The van der Waals surface area contributed by atoms with Crippen molar-refractivity contribution in [3.63, 3.8) is 0 Å². The molecule has 5 heterocycles. The lowest BCUT2D eigenvalue weighted by molar-refractivity contribution is 0.0260. The summed E-state index contributed by atoms with van der Waals surface area (Å²) in [4.78, 5) is 37.5. The highest BCUT2D eigenvalue weighted by molar-refractivity contribution is 7.12. The van der Waals surface area contributed by atoms with E-state index < -0.39 is 0 Å². The van der Waals surface area contributed by atoms with E-state index in [4.69, 9.17) is 9.47 Å². The lowest BCUT2D eigenvalue weighted by Crippen LogP contribution is -2.43. The van der Waals surface area contributed by atoms with Gasteiger partial charge in [0.15, 0.2) is 5.13 Å². The van der Waals surface area contributed by atoms with Gasteiger partial charge in [-0.05, 0) is 18.2 Å². The first-order valence-corrected chi connectivity index (χ1v) is 13.6. The number of carbonyl (C=O) groups is 1. The molecule has 0 saturated carbocycles. The van der Waals surface area contributed by atoms with Gasteiger partial charge in [0.05, 0.1) is 36.3 Å². The van der Waals surface area contributed by atoms with Crippen LogP contribution in [0.15, 0.2) is 46.8 Å². The Bertz CT molecular complexity index is 1520. The number of anilines is 2. The normalized spacial score (nSPS) is 16.6. The second-order valence-electron chi connectivity index (χ2n) is 9.33. The minimum atomic E-state index is -0.353. The van der Waals surface area contributed by atoms with Crippen LogP contribution in [0.25, 0.3) is 16.2 Å². The van der Waals surface area contributed by atoms with Crippen LogP contribution in [0.4, 0.5) is 11.4 Å². The molecule has 2 aliphatic rings. The summed E-state index contributed by atoms with van der Waals surface area (Å²) >= 11 is 1.24. The van der Waals surface area contributed by atoms with Crippen molar-refractivity contribution in [2.45, 2.75) is 18.9 Å². The van der Waals surface area contributed by atoms with Crippen molar-refractivity contribution in [2.75, 3.05) is 49.6 Å². The molecule has 2 N–H and O–H groups in total. The number of pyridine rings is 1. The number of imidazole rings is 1. The molecule has 1 amide bonds. The molecule has 2 aliphatic heterocycles. The minimum absolute atomic E-state index is 0.0431. The van der Waals surface area contributed by atoms with Crippen molar-refractivity contribution >= 4 is 39.7 Å². The number of hydrogen-bond acceptors (Lipinski definition) is 9. The maximum Gasteiger partial charge on any atom is 0.335 e. The maximum atomic E-state index is 13.3. The van der Waals surface area contributed by atoms with Gasteiger partial charge < -0.3 is 25.0 Å². The monoisotopic (exact) mass is 535 g/mol. The van der Waals surface area contributed by atoms with Crippen LogP contribution < -0.4 is 26.0 Å². The molecular weight excluding hydrogens is 506 g/mol. The van der Waals surface area contributed by atoms with Gasteiger partial charge in [-0.25, -0.2) is 14.3 Å². The van der Waals surface area contributed by atoms with Gasteiger partial charge in [-0.15, -0.1) is 11.3 Å². The summed E-state index contributed by atoms with van der Waals surface area (Å²) in [6.45, 7) is 4.79. The molecule has 0 spiro atoms. The Kier molecular flexibility index (Phi) is 6.83. The molecule has 38 heavy (non-hydrogen) atoms. The molecule has 0 bridgehead atoms. The smallest absolute Gasteiger partial charge is 0.335 e. The molecule has 198 valence electrons. The predicted molar refractivity (Wildman–Crippen MR) is 146 cm³/mol. The van der Waals surface area contributed by atoms with E-state index in [0.29, 0.717) is 40.8 Å². The Morgan fingerprint density at radius 2 is 2.03 bits per heavy atom. The SMILES string of the molecule is Cn1c(=O)n(-c2nc(C(=O)Nc3cnccc3N3CCNCC3)cs2)c2cccc(OC3CCOCC3)c21.